The van der Waals surface area contributed by atoms with E-state index in [-0.39, 0.29) is 10.7 Å². The van der Waals surface area contributed by atoms with Gasteiger partial charge < -0.3 is 5.73 Å². The first kappa shape index (κ1) is 15.0. The molecule has 0 spiro atoms. The molecule has 0 aromatic carbocycles. The molecule has 1 aromatic heterocycles. The van der Waals surface area contributed by atoms with Crippen molar-refractivity contribution in [3.8, 4) is 0 Å². The Kier molecular flexibility index (Phi) is 3.88. The smallest absolute Gasteiger partial charge is 0.244 e. The van der Waals surface area contributed by atoms with Crippen molar-refractivity contribution in [2.24, 2.45) is 11.7 Å². The van der Waals surface area contributed by atoms with Gasteiger partial charge in [0.1, 0.15) is 10.7 Å². The van der Waals surface area contributed by atoms with Gasteiger partial charge >= 0.3 is 0 Å². The van der Waals surface area contributed by atoms with E-state index < -0.39 is 15.6 Å². The number of aryl methyl sites for hydroxylation is 1. The van der Waals surface area contributed by atoms with E-state index in [1.807, 2.05) is 0 Å². The molecule has 1 aliphatic rings. The zero-order chi connectivity index (χ0) is 15.0. The highest BCUT2D eigenvalue weighted by molar-refractivity contribution is 7.89. The van der Waals surface area contributed by atoms with E-state index in [0.29, 0.717) is 24.5 Å². The van der Waals surface area contributed by atoms with Gasteiger partial charge in [-0.2, -0.15) is 9.82 Å². The molecule has 0 amide bonds. The third-order valence-electron chi connectivity index (χ3n) is 4.05. The molecule has 2 rings (SSSR count). The van der Waals surface area contributed by atoms with Gasteiger partial charge in [0.2, 0.25) is 10.0 Å². The summed E-state index contributed by atoms with van der Waals surface area (Å²) in [6, 6.07) is 0. The van der Waals surface area contributed by atoms with Gasteiger partial charge in [-0.05, 0) is 38.5 Å². The van der Waals surface area contributed by atoms with Crippen LogP contribution in [0.5, 0.6) is 0 Å². The van der Waals surface area contributed by atoms with Gasteiger partial charge in [-0.15, -0.1) is 0 Å². The van der Waals surface area contributed by atoms with Crippen molar-refractivity contribution in [2.45, 2.75) is 50.0 Å². The molecular weight excluding hydrogens is 278 g/mol. The van der Waals surface area contributed by atoms with Crippen LogP contribution in [-0.4, -0.2) is 30.0 Å². The lowest BCUT2D eigenvalue weighted by Gasteiger charge is -2.38. The lowest BCUT2D eigenvalue weighted by molar-refractivity contribution is 0.285. The Morgan fingerprint density at radius 1 is 1.55 bits per heavy atom. The van der Waals surface area contributed by atoms with Crippen molar-refractivity contribution in [2.75, 3.05) is 0 Å². The number of aromatic nitrogens is 2. The summed E-state index contributed by atoms with van der Waals surface area (Å²) in [5.41, 5.74) is 5.19. The van der Waals surface area contributed by atoms with Crippen LogP contribution < -0.4 is 10.5 Å². The maximum atomic E-state index is 12.5. The first-order valence-corrected chi connectivity index (χ1v) is 8.13. The largest absolute Gasteiger partial charge is 0.386 e. The molecule has 0 atom stereocenters. The highest BCUT2D eigenvalue weighted by Crippen LogP contribution is 2.33. The van der Waals surface area contributed by atoms with E-state index in [1.54, 1.807) is 6.92 Å². The lowest BCUT2D eigenvalue weighted by atomic mass is 9.77. The van der Waals surface area contributed by atoms with Crippen molar-refractivity contribution < 1.29 is 8.42 Å². The minimum Gasteiger partial charge on any atom is -0.386 e. The fourth-order valence-corrected chi connectivity index (χ4v) is 4.18. The number of hydrogen-bond donors (Lipinski definition) is 4. The van der Waals surface area contributed by atoms with Gasteiger partial charge in [0.05, 0.1) is 17.4 Å². The zero-order valence-corrected chi connectivity index (χ0v) is 12.5. The molecule has 0 aliphatic heterocycles. The van der Waals surface area contributed by atoms with Crippen LogP contribution in [0.1, 0.15) is 38.3 Å². The topological polar surface area (TPSA) is 125 Å². The number of amidine groups is 1. The third kappa shape index (κ3) is 2.71. The van der Waals surface area contributed by atoms with Gasteiger partial charge in [0, 0.05) is 0 Å². The van der Waals surface area contributed by atoms with Crippen LogP contribution in [0.2, 0.25) is 0 Å². The highest BCUT2D eigenvalue weighted by atomic mass is 32.2. The second-order valence-electron chi connectivity index (χ2n) is 5.64. The SMILES string of the molecule is Cc1[nH]ncc1S(=O)(=O)NC1(C(=N)N)CCC(C)CC1. The second-order valence-corrected chi connectivity index (χ2v) is 7.29. The van der Waals surface area contributed by atoms with Crippen LogP contribution in [0.25, 0.3) is 0 Å². The quantitative estimate of drug-likeness (QED) is 0.486. The molecule has 0 saturated heterocycles. The van der Waals surface area contributed by atoms with E-state index >= 15 is 0 Å². The Morgan fingerprint density at radius 3 is 2.60 bits per heavy atom. The first-order valence-electron chi connectivity index (χ1n) is 6.65. The maximum absolute atomic E-state index is 12.5. The van der Waals surface area contributed by atoms with Crippen molar-refractivity contribution in [3.05, 3.63) is 11.9 Å². The zero-order valence-electron chi connectivity index (χ0n) is 11.7. The second kappa shape index (κ2) is 5.17. The van der Waals surface area contributed by atoms with Crippen molar-refractivity contribution in [1.82, 2.24) is 14.9 Å². The van der Waals surface area contributed by atoms with Gasteiger partial charge in [-0.25, -0.2) is 8.42 Å². The average Bonchev–Trinajstić information content (AvgIpc) is 2.79. The average molecular weight is 299 g/mol. The number of H-pyrrole nitrogens is 1. The molecule has 112 valence electrons. The Hall–Kier alpha value is -1.41. The minimum atomic E-state index is -3.73. The molecule has 1 fully saturated rings. The van der Waals surface area contributed by atoms with Crippen LogP contribution >= 0.6 is 0 Å². The maximum Gasteiger partial charge on any atom is 0.244 e. The molecule has 1 heterocycles. The molecule has 1 aliphatic carbocycles. The van der Waals surface area contributed by atoms with Crippen LogP contribution in [0, 0.1) is 18.3 Å². The normalized spacial score (nSPS) is 27.4. The molecule has 0 radical (unpaired) electrons. The predicted molar refractivity (Wildman–Crippen MR) is 75.9 cm³/mol. The van der Waals surface area contributed by atoms with Gasteiger partial charge in [0.25, 0.3) is 0 Å². The Bertz CT molecular complexity index is 599. The summed E-state index contributed by atoms with van der Waals surface area (Å²) >= 11 is 0. The molecule has 0 bridgehead atoms. The summed E-state index contributed by atoms with van der Waals surface area (Å²) in [6.45, 7) is 3.77. The molecule has 1 aromatic rings. The number of sulfonamides is 1. The Labute approximate surface area is 118 Å². The van der Waals surface area contributed by atoms with Crippen LogP contribution in [0.4, 0.5) is 0 Å². The molecule has 8 heteroatoms. The Morgan fingerprint density at radius 2 is 2.15 bits per heavy atom. The highest BCUT2D eigenvalue weighted by Gasteiger charge is 2.41. The molecule has 0 unspecified atom stereocenters. The van der Waals surface area contributed by atoms with E-state index in [9.17, 15) is 8.42 Å². The minimum absolute atomic E-state index is 0.108. The summed E-state index contributed by atoms with van der Waals surface area (Å²) in [6.07, 6.45) is 4.09. The summed E-state index contributed by atoms with van der Waals surface area (Å²) in [5.74, 6) is 0.414. The predicted octanol–water partition coefficient (Wildman–Crippen LogP) is 0.881. The van der Waals surface area contributed by atoms with Crippen LogP contribution in [0.3, 0.4) is 0 Å². The number of nitrogens with one attached hydrogen (secondary N) is 3. The number of hydrogen-bond acceptors (Lipinski definition) is 4. The monoisotopic (exact) mass is 299 g/mol. The van der Waals surface area contributed by atoms with Crippen molar-refractivity contribution in [3.63, 3.8) is 0 Å². The third-order valence-corrected chi connectivity index (χ3v) is 5.70. The van der Waals surface area contributed by atoms with E-state index in [1.165, 1.54) is 6.20 Å². The summed E-state index contributed by atoms with van der Waals surface area (Å²) < 4.78 is 27.5. The van der Waals surface area contributed by atoms with Gasteiger partial charge in [0.15, 0.2) is 0 Å². The number of aromatic amines is 1. The van der Waals surface area contributed by atoms with Gasteiger partial charge in [-0.3, -0.25) is 10.5 Å². The van der Waals surface area contributed by atoms with E-state index in [0.717, 1.165) is 12.8 Å². The van der Waals surface area contributed by atoms with Gasteiger partial charge in [-0.1, -0.05) is 6.92 Å². The van der Waals surface area contributed by atoms with Crippen molar-refractivity contribution >= 4 is 15.9 Å². The first-order chi connectivity index (χ1) is 9.27. The molecular formula is C12H21N5O2S. The van der Waals surface area contributed by atoms with Crippen LogP contribution in [-0.2, 0) is 10.0 Å². The summed E-state index contributed by atoms with van der Waals surface area (Å²) in [5, 5.41) is 14.1. The number of nitrogens with two attached hydrogens (primary N) is 1. The lowest BCUT2D eigenvalue weighted by Crippen LogP contribution is -2.58. The number of rotatable bonds is 4. The molecule has 20 heavy (non-hydrogen) atoms. The fraction of sp³-hybridized carbons (Fsp3) is 0.667. The Balaban J connectivity index is 2.30. The number of nitrogens with zero attached hydrogens (tertiary/aromatic N) is 1. The van der Waals surface area contributed by atoms with E-state index in [4.69, 9.17) is 11.1 Å². The standard InChI is InChI=1S/C12H21N5O2S/c1-8-3-5-12(6-4-8,11(13)14)17-20(18,19)10-7-15-16-9(10)2/h7-8,17H,3-6H2,1-2H3,(H3,13,14)(H,15,16). The van der Waals surface area contributed by atoms with E-state index in [2.05, 4.69) is 21.8 Å². The van der Waals surface area contributed by atoms with Crippen molar-refractivity contribution in [1.29, 1.82) is 5.41 Å². The fourth-order valence-electron chi connectivity index (χ4n) is 2.60. The summed E-state index contributed by atoms with van der Waals surface area (Å²) in [7, 11) is -3.73. The molecule has 1 saturated carbocycles. The molecule has 7 nitrogen and oxygen atoms in total. The van der Waals surface area contributed by atoms with Crippen LogP contribution in [0.15, 0.2) is 11.1 Å². The summed E-state index contributed by atoms with van der Waals surface area (Å²) in [4.78, 5) is 0.108. The molecule has 5 N–H and O–H groups in total.